The Kier molecular flexibility index (Phi) is 2.99. The van der Waals surface area contributed by atoms with Gasteiger partial charge in [0.25, 0.3) is 0 Å². The monoisotopic (exact) mass is 232 g/mol. The summed E-state index contributed by atoms with van der Waals surface area (Å²) in [6, 6.07) is 4.89. The van der Waals surface area contributed by atoms with Gasteiger partial charge in [-0.1, -0.05) is 17.7 Å². The van der Waals surface area contributed by atoms with Crippen LogP contribution in [0.5, 0.6) is 0 Å². The van der Waals surface area contributed by atoms with Gasteiger partial charge in [-0.3, -0.25) is 0 Å². The van der Waals surface area contributed by atoms with E-state index >= 15 is 0 Å². The zero-order valence-corrected chi connectivity index (χ0v) is 9.15. The minimum absolute atomic E-state index is 0.201. The highest BCUT2D eigenvalue weighted by Gasteiger charge is 2.26. The molecule has 3 heteroatoms. The number of hydrogen-bond donors (Lipinski definition) is 0. The van der Waals surface area contributed by atoms with Crippen LogP contribution in [0.25, 0.3) is 0 Å². The van der Waals surface area contributed by atoms with E-state index in [4.69, 9.17) is 23.2 Å². The van der Waals surface area contributed by atoms with Gasteiger partial charge < -0.3 is 0 Å². The first-order valence-electron chi connectivity index (χ1n) is 4.76. The average Bonchev–Trinajstić information content (AvgIpc) is 2.51. The molecule has 1 fully saturated rings. The fraction of sp³-hybridized carbons (Fsp3) is 0.455. The van der Waals surface area contributed by atoms with Gasteiger partial charge in [-0.25, -0.2) is 4.39 Å². The van der Waals surface area contributed by atoms with E-state index in [2.05, 4.69) is 0 Å². The predicted molar refractivity (Wildman–Crippen MR) is 57.6 cm³/mol. The SMILES string of the molecule is Fc1cc(Cl)ccc1C1CCC(Cl)C1. The molecule has 0 saturated heterocycles. The predicted octanol–water partition coefficient (Wildman–Crippen LogP) is 4.35. The fourth-order valence-electron chi connectivity index (χ4n) is 2.04. The first-order valence-corrected chi connectivity index (χ1v) is 5.57. The molecule has 2 atom stereocenters. The van der Waals surface area contributed by atoms with Crippen molar-refractivity contribution in [3.63, 3.8) is 0 Å². The molecule has 2 rings (SSSR count). The zero-order valence-electron chi connectivity index (χ0n) is 7.64. The molecule has 0 heterocycles. The molecule has 0 aromatic heterocycles. The smallest absolute Gasteiger partial charge is 0.128 e. The lowest BCUT2D eigenvalue weighted by Crippen LogP contribution is -1.97. The van der Waals surface area contributed by atoms with Crippen LogP contribution >= 0.6 is 23.2 Å². The second-order valence-corrected chi connectivity index (χ2v) is 4.83. The number of halogens is 3. The van der Waals surface area contributed by atoms with Crippen molar-refractivity contribution >= 4 is 23.2 Å². The summed E-state index contributed by atoms with van der Waals surface area (Å²) in [7, 11) is 0. The molecule has 0 nitrogen and oxygen atoms in total. The van der Waals surface area contributed by atoms with Gasteiger partial charge >= 0.3 is 0 Å². The molecular formula is C11H11Cl2F. The largest absolute Gasteiger partial charge is 0.207 e. The van der Waals surface area contributed by atoms with Crippen molar-refractivity contribution in [1.82, 2.24) is 0 Å². The second kappa shape index (κ2) is 4.08. The summed E-state index contributed by atoms with van der Waals surface area (Å²) in [5.74, 6) is 0.0723. The van der Waals surface area contributed by atoms with Gasteiger partial charge in [0.1, 0.15) is 5.82 Å². The third-order valence-electron chi connectivity index (χ3n) is 2.77. The number of benzene rings is 1. The van der Waals surface area contributed by atoms with Crippen LogP contribution < -0.4 is 0 Å². The van der Waals surface area contributed by atoms with Crippen LogP contribution in [0, 0.1) is 5.82 Å². The topological polar surface area (TPSA) is 0 Å². The van der Waals surface area contributed by atoms with Crippen LogP contribution in [0.4, 0.5) is 4.39 Å². The zero-order chi connectivity index (χ0) is 10.1. The van der Waals surface area contributed by atoms with Crippen molar-refractivity contribution in [1.29, 1.82) is 0 Å². The Morgan fingerprint density at radius 1 is 1.29 bits per heavy atom. The number of rotatable bonds is 1. The lowest BCUT2D eigenvalue weighted by atomic mass is 9.97. The Labute approximate surface area is 93.0 Å². The average molecular weight is 233 g/mol. The highest BCUT2D eigenvalue weighted by atomic mass is 35.5. The Morgan fingerprint density at radius 3 is 2.64 bits per heavy atom. The Hall–Kier alpha value is -0.270. The molecule has 1 saturated carbocycles. The van der Waals surface area contributed by atoms with E-state index in [1.165, 1.54) is 6.07 Å². The maximum Gasteiger partial charge on any atom is 0.128 e. The van der Waals surface area contributed by atoms with Gasteiger partial charge in [-0.05, 0) is 42.9 Å². The van der Waals surface area contributed by atoms with Crippen LogP contribution in [-0.4, -0.2) is 5.38 Å². The maximum absolute atomic E-state index is 13.5. The summed E-state index contributed by atoms with van der Waals surface area (Å²) < 4.78 is 13.5. The van der Waals surface area contributed by atoms with Crippen molar-refractivity contribution < 1.29 is 4.39 Å². The summed E-state index contributed by atoms with van der Waals surface area (Å²) in [5.41, 5.74) is 0.762. The molecule has 0 amide bonds. The van der Waals surface area contributed by atoms with Gasteiger partial charge in [0.15, 0.2) is 0 Å². The second-order valence-electron chi connectivity index (χ2n) is 3.77. The van der Waals surface area contributed by atoms with Crippen LogP contribution in [0.2, 0.25) is 5.02 Å². The molecule has 2 unspecified atom stereocenters. The highest BCUT2D eigenvalue weighted by Crippen LogP contribution is 2.38. The van der Waals surface area contributed by atoms with Crippen molar-refractivity contribution in [2.24, 2.45) is 0 Å². The Balaban J connectivity index is 2.24. The quantitative estimate of drug-likeness (QED) is 0.632. The molecule has 1 aromatic carbocycles. The molecule has 14 heavy (non-hydrogen) atoms. The van der Waals surface area contributed by atoms with Crippen molar-refractivity contribution in [3.8, 4) is 0 Å². The van der Waals surface area contributed by atoms with Gasteiger partial charge in [0.05, 0.1) is 0 Å². The van der Waals surface area contributed by atoms with E-state index in [0.29, 0.717) is 5.02 Å². The molecule has 0 radical (unpaired) electrons. The third-order valence-corrected chi connectivity index (χ3v) is 3.40. The molecule has 0 N–H and O–H groups in total. The third kappa shape index (κ3) is 2.04. The molecule has 1 aliphatic carbocycles. The molecule has 0 bridgehead atoms. The van der Waals surface area contributed by atoms with Crippen molar-refractivity contribution in [2.75, 3.05) is 0 Å². The van der Waals surface area contributed by atoms with E-state index in [-0.39, 0.29) is 17.1 Å². The van der Waals surface area contributed by atoms with Crippen LogP contribution in [0.1, 0.15) is 30.7 Å². The van der Waals surface area contributed by atoms with E-state index in [1.807, 2.05) is 0 Å². The van der Waals surface area contributed by atoms with Crippen molar-refractivity contribution in [3.05, 3.63) is 34.6 Å². The number of alkyl halides is 1. The van der Waals surface area contributed by atoms with E-state index in [9.17, 15) is 4.39 Å². The first kappa shape index (κ1) is 10.3. The molecule has 1 aliphatic rings. The van der Waals surface area contributed by atoms with Gasteiger partial charge in [0.2, 0.25) is 0 Å². The summed E-state index contributed by atoms with van der Waals surface area (Å²) >= 11 is 11.7. The van der Waals surface area contributed by atoms with E-state index in [0.717, 1.165) is 24.8 Å². The fourth-order valence-corrected chi connectivity index (χ4v) is 2.54. The normalized spacial score (nSPS) is 26.8. The van der Waals surface area contributed by atoms with Gasteiger partial charge in [-0.2, -0.15) is 0 Å². The standard InChI is InChI=1S/C11H11Cl2F/c12-8-2-1-7(5-8)10-4-3-9(13)6-11(10)14/h3-4,6-8H,1-2,5H2. The summed E-state index contributed by atoms with van der Waals surface area (Å²) in [6.07, 6.45) is 2.83. The molecular weight excluding hydrogens is 222 g/mol. The lowest BCUT2D eigenvalue weighted by molar-refractivity contribution is 0.580. The summed E-state index contributed by atoms with van der Waals surface area (Å²) in [5, 5.41) is 0.654. The van der Waals surface area contributed by atoms with Crippen LogP contribution in [0.15, 0.2) is 18.2 Å². The summed E-state index contributed by atoms with van der Waals surface area (Å²) in [4.78, 5) is 0. The molecule has 0 spiro atoms. The molecule has 76 valence electrons. The maximum atomic E-state index is 13.5. The van der Waals surface area contributed by atoms with Crippen molar-refractivity contribution in [2.45, 2.75) is 30.6 Å². The van der Waals surface area contributed by atoms with Crippen LogP contribution in [-0.2, 0) is 0 Å². The minimum Gasteiger partial charge on any atom is -0.207 e. The van der Waals surface area contributed by atoms with E-state index < -0.39 is 0 Å². The summed E-state index contributed by atoms with van der Waals surface area (Å²) in [6.45, 7) is 0. The van der Waals surface area contributed by atoms with E-state index in [1.54, 1.807) is 12.1 Å². The van der Waals surface area contributed by atoms with Crippen LogP contribution in [0.3, 0.4) is 0 Å². The Morgan fingerprint density at radius 2 is 2.07 bits per heavy atom. The van der Waals surface area contributed by atoms with Gasteiger partial charge in [-0.15, -0.1) is 11.6 Å². The highest BCUT2D eigenvalue weighted by molar-refractivity contribution is 6.30. The Bertz CT molecular complexity index is 338. The number of hydrogen-bond acceptors (Lipinski definition) is 0. The van der Waals surface area contributed by atoms with Gasteiger partial charge in [0, 0.05) is 10.4 Å². The molecule has 0 aliphatic heterocycles. The first-order chi connectivity index (χ1) is 6.66. The minimum atomic E-state index is -0.201. The lowest BCUT2D eigenvalue weighted by Gasteiger charge is -2.10. The molecule has 1 aromatic rings.